The first-order valence-corrected chi connectivity index (χ1v) is 26.1. The molecule has 0 unspecified atom stereocenters. The highest BCUT2D eigenvalue weighted by Crippen LogP contribution is 2.50. The van der Waals surface area contributed by atoms with Gasteiger partial charge in [0.05, 0.1) is 34.5 Å². The Bertz CT molecular complexity index is 2870. The van der Waals surface area contributed by atoms with Crippen molar-refractivity contribution in [1.29, 1.82) is 0 Å². The molecule has 0 fully saturated rings. The smallest absolute Gasteiger partial charge is 0.388 e. The molecule has 8 rings (SSSR count). The van der Waals surface area contributed by atoms with Crippen LogP contribution in [-0.4, -0.2) is 28.4 Å². The first-order valence-electron chi connectivity index (χ1n) is 23.8. The van der Waals surface area contributed by atoms with Crippen LogP contribution >= 0.6 is 16.4 Å². The maximum atomic E-state index is 7.53. The van der Waals surface area contributed by atoms with Gasteiger partial charge in [0.15, 0.2) is 0 Å². The monoisotopic (exact) mass is 985 g/mol. The van der Waals surface area contributed by atoms with Gasteiger partial charge in [0, 0.05) is 43.8 Å². The van der Waals surface area contributed by atoms with E-state index in [4.69, 9.17) is 40.3 Å². The number of nitrogens with one attached hydrogen (secondary N) is 1. The Hall–Kier alpha value is -5.76. The SMILES string of the molecule is COc1cc(C(C)(C)C)c2op(N[C@H](c3ccccc3)[C@@H](Op3oc4c(C(C)(C)C)cc(OC)cc4c4cc(OC)cc(C(C)(C)C)c4o3)c3ccccc3)oc3c(C(C)(C)C)cc(OC)cc3c2c1. The van der Waals surface area contributed by atoms with Gasteiger partial charge in [0.1, 0.15) is 51.4 Å². The van der Waals surface area contributed by atoms with Gasteiger partial charge in [-0.25, -0.2) is 5.09 Å². The minimum absolute atomic E-state index is 0.348. The molecule has 2 heterocycles. The molecule has 0 bridgehead atoms. The van der Waals surface area contributed by atoms with Crippen molar-refractivity contribution < 1.29 is 40.3 Å². The molecular weight excluding hydrogens is 917 g/mol. The van der Waals surface area contributed by atoms with E-state index in [1.807, 2.05) is 72.8 Å². The van der Waals surface area contributed by atoms with Gasteiger partial charge in [-0.2, -0.15) is 0 Å². The van der Waals surface area contributed by atoms with Gasteiger partial charge in [-0.05, 0) is 81.3 Å². The van der Waals surface area contributed by atoms with E-state index >= 15 is 0 Å². The molecule has 0 aliphatic heterocycles. The Morgan fingerprint density at radius 3 is 1.00 bits per heavy atom. The number of hydrogen-bond acceptors (Lipinski definition) is 10. The predicted molar refractivity (Wildman–Crippen MR) is 288 cm³/mol. The van der Waals surface area contributed by atoms with E-state index < -0.39 is 28.6 Å². The van der Waals surface area contributed by atoms with Crippen LogP contribution in [0.15, 0.2) is 126 Å². The molecule has 0 aliphatic carbocycles. The fourth-order valence-electron chi connectivity index (χ4n) is 8.89. The van der Waals surface area contributed by atoms with Gasteiger partial charge in [-0.1, -0.05) is 144 Å². The van der Waals surface area contributed by atoms with Crippen molar-refractivity contribution in [1.82, 2.24) is 0 Å². The molecule has 2 atom stereocenters. The lowest BCUT2D eigenvalue weighted by molar-refractivity contribution is 0.236. The van der Waals surface area contributed by atoms with Gasteiger partial charge in [-0.3, -0.25) is 4.52 Å². The van der Waals surface area contributed by atoms with Crippen LogP contribution in [0.5, 0.6) is 23.0 Å². The molecule has 0 saturated heterocycles. The van der Waals surface area contributed by atoms with Crippen LogP contribution in [0.25, 0.3) is 43.9 Å². The van der Waals surface area contributed by atoms with E-state index in [0.29, 0.717) is 45.3 Å². The molecular formula is C58H69NO9P2. The summed E-state index contributed by atoms with van der Waals surface area (Å²) in [4.78, 5) is 0. The normalized spacial score (nSPS) is 13.4. The van der Waals surface area contributed by atoms with E-state index in [1.165, 1.54) is 0 Å². The Kier molecular flexibility index (Phi) is 14.1. The van der Waals surface area contributed by atoms with Crippen molar-refractivity contribution in [3.05, 3.63) is 143 Å². The minimum Gasteiger partial charge on any atom is -0.497 e. The van der Waals surface area contributed by atoms with Crippen LogP contribution in [0, 0.1) is 0 Å². The highest BCUT2D eigenvalue weighted by molar-refractivity contribution is 7.38. The summed E-state index contributed by atoms with van der Waals surface area (Å²) in [5, 5.41) is 7.30. The molecule has 1 N–H and O–H groups in total. The summed E-state index contributed by atoms with van der Waals surface area (Å²) in [6.07, 6.45) is -0.722. The zero-order valence-corrected chi connectivity index (χ0v) is 45.4. The van der Waals surface area contributed by atoms with Crippen molar-refractivity contribution in [2.24, 2.45) is 0 Å². The first-order chi connectivity index (χ1) is 33.0. The van der Waals surface area contributed by atoms with Crippen molar-refractivity contribution in [2.45, 2.75) is 117 Å². The Labute approximate surface area is 414 Å². The third-order valence-corrected chi connectivity index (χ3v) is 15.0. The molecule has 370 valence electrons. The molecule has 0 spiro atoms. The fraction of sp³-hybridized carbons (Fsp3) is 0.379. The molecule has 12 heteroatoms. The number of ether oxygens (including phenoxy) is 4. The van der Waals surface area contributed by atoms with Crippen LogP contribution in [0.1, 0.15) is 129 Å². The Morgan fingerprint density at radius 1 is 0.400 bits per heavy atom. The second kappa shape index (κ2) is 19.4. The quantitative estimate of drug-likeness (QED) is 0.134. The van der Waals surface area contributed by atoms with Gasteiger partial charge in [0.2, 0.25) is 0 Å². The van der Waals surface area contributed by atoms with E-state index in [0.717, 1.165) is 54.9 Å². The molecule has 0 amide bonds. The molecule has 2 aromatic heterocycles. The summed E-state index contributed by atoms with van der Waals surface area (Å²) in [6.45, 7) is 26.1. The third kappa shape index (κ3) is 10.3. The van der Waals surface area contributed by atoms with Gasteiger partial charge < -0.3 is 35.7 Å². The molecule has 0 saturated carbocycles. The van der Waals surface area contributed by atoms with Crippen molar-refractivity contribution in [3.8, 4) is 23.0 Å². The molecule has 0 radical (unpaired) electrons. The van der Waals surface area contributed by atoms with Gasteiger partial charge in [0.25, 0.3) is 0 Å². The summed E-state index contributed by atoms with van der Waals surface area (Å²) < 4.78 is 60.5. The number of benzene rings is 6. The molecule has 0 aliphatic rings. The number of hydrogen-bond donors (Lipinski definition) is 1. The first kappa shape index (κ1) is 50.6. The summed E-state index contributed by atoms with van der Waals surface area (Å²) in [5.74, 6) is 2.84. The van der Waals surface area contributed by atoms with E-state index in [1.54, 1.807) is 28.4 Å². The lowest BCUT2D eigenvalue weighted by Crippen LogP contribution is -2.22. The second-order valence-electron chi connectivity index (χ2n) is 22.0. The largest absolute Gasteiger partial charge is 0.497 e. The summed E-state index contributed by atoms with van der Waals surface area (Å²) in [7, 11) is 2.57. The summed E-state index contributed by atoms with van der Waals surface area (Å²) >= 11 is 0. The average Bonchev–Trinajstić information content (AvgIpc) is 3.57. The fourth-order valence-corrected chi connectivity index (χ4v) is 11.5. The molecule has 6 aromatic carbocycles. The maximum absolute atomic E-state index is 7.53. The molecule has 70 heavy (non-hydrogen) atoms. The van der Waals surface area contributed by atoms with Gasteiger partial charge >= 0.3 is 16.4 Å². The van der Waals surface area contributed by atoms with Crippen LogP contribution in [-0.2, 0) is 21.7 Å². The minimum atomic E-state index is -2.20. The van der Waals surface area contributed by atoms with Crippen LogP contribution < -0.4 is 28.6 Å². The van der Waals surface area contributed by atoms with Gasteiger partial charge in [-0.15, -0.1) is 0 Å². The van der Waals surface area contributed by atoms with Crippen LogP contribution in [0.2, 0.25) is 0 Å². The van der Waals surface area contributed by atoms with Crippen molar-refractivity contribution in [2.75, 3.05) is 33.5 Å². The third-order valence-electron chi connectivity index (χ3n) is 12.7. The lowest BCUT2D eigenvalue weighted by Gasteiger charge is -2.27. The highest BCUT2D eigenvalue weighted by atomic mass is 31.1. The lowest BCUT2D eigenvalue weighted by atomic mass is 9.84. The molecule has 10 nitrogen and oxygen atoms in total. The average molecular weight is 986 g/mol. The maximum Gasteiger partial charge on any atom is 0.388 e. The number of rotatable bonds is 11. The second-order valence-corrected chi connectivity index (χ2v) is 24.2. The van der Waals surface area contributed by atoms with E-state index in [2.05, 4.69) is 125 Å². The Balaban J connectivity index is 1.47. The van der Waals surface area contributed by atoms with E-state index in [9.17, 15) is 0 Å². The van der Waals surface area contributed by atoms with Crippen molar-refractivity contribution in [3.63, 3.8) is 0 Å². The standard InChI is InChI=1S/C58H69NO9P2/c1-55(2,3)45-31-37(60-13)27-41-42-28-38(61-14)32-46(56(4,5)6)52(42)65-69(64-51(41)45)59-49(35-23-19-17-20-24-35)50(36-25-21-18-22-26-36)66-70-67-53-43(29-39(62-15)33-47(53)57(7,8)9)44-30-40(63-16)34-48(54(44)68-70)58(10,11)12/h17-34,49-50,59H,1-16H3/t49-,50+/m1/s1. The predicted octanol–water partition coefficient (Wildman–Crippen LogP) is 17.3. The zero-order chi connectivity index (χ0) is 50.5. The van der Waals surface area contributed by atoms with Crippen LogP contribution in [0.3, 0.4) is 0 Å². The summed E-state index contributed by atoms with van der Waals surface area (Å²) in [5.41, 5.74) is 6.97. The number of methoxy groups -OCH3 is 4. The van der Waals surface area contributed by atoms with Crippen LogP contribution in [0.4, 0.5) is 0 Å². The highest BCUT2D eigenvalue weighted by Gasteiger charge is 2.33. The molecule has 8 aromatic rings. The van der Waals surface area contributed by atoms with E-state index in [-0.39, 0.29) is 21.7 Å². The zero-order valence-electron chi connectivity index (χ0n) is 43.6. The summed E-state index contributed by atoms with van der Waals surface area (Å²) in [6, 6.07) is 36.2. The Morgan fingerprint density at radius 2 is 0.700 bits per heavy atom. The number of fused-ring (bicyclic) bond motifs is 6. The topological polar surface area (TPSA) is 111 Å². The van der Waals surface area contributed by atoms with Crippen molar-refractivity contribution >= 4 is 60.3 Å².